The maximum atomic E-state index is 15.5. The van der Waals surface area contributed by atoms with Gasteiger partial charge in [0.2, 0.25) is 0 Å². The number of piperidine rings is 1. The van der Waals surface area contributed by atoms with Gasteiger partial charge in [0.25, 0.3) is 5.91 Å². The van der Waals surface area contributed by atoms with Crippen LogP contribution in [0, 0.1) is 5.82 Å². The first-order chi connectivity index (χ1) is 18.4. The Morgan fingerprint density at radius 1 is 1.21 bits per heavy atom. The lowest BCUT2D eigenvalue weighted by atomic mass is 10.0. The van der Waals surface area contributed by atoms with Crippen molar-refractivity contribution in [1.29, 1.82) is 0 Å². The summed E-state index contributed by atoms with van der Waals surface area (Å²) < 4.78 is 19.7. The SMILES string of the molecule is CCC1CN(CCCO)c2cccc3cc(-c4nc5cc(C(=O)N6CCCC(N)C6)cc(F)c5n4C)n1c23. The third kappa shape index (κ3) is 3.96. The highest BCUT2D eigenvalue weighted by atomic mass is 19.1. The van der Waals surface area contributed by atoms with Crippen LogP contribution in [-0.4, -0.2) is 68.9 Å². The Labute approximate surface area is 221 Å². The molecule has 9 heteroatoms. The van der Waals surface area contributed by atoms with Gasteiger partial charge >= 0.3 is 0 Å². The molecule has 0 aliphatic carbocycles. The van der Waals surface area contributed by atoms with Crippen molar-refractivity contribution in [3.63, 3.8) is 0 Å². The number of amides is 1. The van der Waals surface area contributed by atoms with Gasteiger partial charge in [-0.25, -0.2) is 9.37 Å². The van der Waals surface area contributed by atoms with E-state index in [0.29, 0.717) is 35.5 Å². The molecule has 0 bridgehead atoms. The van der Waals surface area contributed by atoms with Gasteiger partial charge in [0.1, 0.15) is 11.3 Å². The summed E-state index contributed by atoms with van der Waals surface area (Å²) in [5.74, 6) is 0.0225. The summed E-state index contributed by atoms with van der Waals surface area (Å²) in [6, 6.07) is 11.6. The van der Waals surface area contributed by atoms with E-state index < -0.39 is 5.82 Å². The van der Waals surface area contributed by atoms with Gasteiger partial charge in [-0.15, -0.1) is 0 Å². The number of aromatic nitrogens is 3. The predicted molar refractivity (Wildman–Crippen MR) is 148 cm³/mol. The molecule has 4 aromatic rings. The molecule has 2 aliphatic rings. The van der Waals surface area contributed by atoms with Gasteiger partial charge in [-0.05, 0) is 49.9 Å². The fourth-order valence-electron chi connectivity index (χ4n) is 6.32. The van der Waals surface area contributed by atoms with Gasteiger partial charge in [-0.1, -0.05) is 19.1 Å². The number of carbonyl (C=O) groups excluding carboxylic acids is 1. The Bertz CT molecular complexity index is 1520. The van der Waals surface area contributed by atoms with Crippen molar-refractivity contribution in [3.05, 3.63) is 47.8 Å². The molecule has 8 nitrogen and oxygen atoms in total. The van der Waals surface area contributed by atoms with Crippen LogP contribution in [0.5, 0.6) is 0 Å². The van der Waals surface area contributed by atoms with Crippen molar-refractivity contribution in [3.8, 4) is 11.5 Å². The second-order valence-corrected chi connectivity index (χ2v) is 10.7. The van der Waals surface area contributed by atoms with Gasteiger partial charge in [0.05, 0.1) is 28.5 Å². The Morgan fingerprint density at radius 2 is 2.05 bits per heavy atom. The Kier molecular flexibility index (Phi) is 6.36. The number of halogens is 1. The van der Waals surface area contributed by atoms with Gasteiger partial charge in [-0.2, -0.15) is 0 Å². The smallest absolute Gasteiger partial charge is 0.254 e. The molecule has 2 aliphatic heterocycles. The number of aryl methyl sites for hydroxylation is 1. The minimum absolute atomic E-state index is 0.0424. The number of para-hydroxylation sites is 1. The third-order valence-corrected chi connectivity index (χ3v) is 8.18. The molecule has 0 saturated carbocycles. The first-order valence-electron chi connectivity index (χ1n) is 13.6. The van der Waals surface area contributed by atoms with E-state index in [-0.39, 0.29) is 24.6 Å². The molecule has 2 aromatic carbocycles. The Hall–Kier alpha value is -3.43. The van der Waals surface area contributed by atoms with Gasteiger partial charge in [0, 0.05) is 56.8 Å². The van der Waals surface area contributed by atoms with Crippen LogP contribution in [0.2, 0.25) is 0 Å². The van der Waals surface area contributed by atoms with E-state index in [1.165, 1.54) is 6.07 Å². The second kappa shape index (κ2) is 9.71. The third-order valence-electron chi connectivity index (χ3n) is 8.18. The highest BCUT2D eigenvalue weighted by Crippen LogP contribution is 2.42. The number of hydrogen-bond donors (Lipinski definition) is 2. The number of nitrogens with zero attached hydrogens (tertiary/aromatic N) is 5. The van der Waals surface area contributed by atoms with E-state index in [1.807, 2.05) is 7.05 Å². The summed E-state index contributed by atoms with van der Waals surface area (Å²) >= 11 is 0. The van der Waals surface area contributed by atoms with E-state index in [4.69, 9.17) is 10.7 Å². The molecular weight excluding hydrogens is 483 g/mol. The van der Waals surface area contributed by atoms with E-state index in [0.717, 1.165) is 61.1 Å². The summed E-state index contributed by atoms with van der Waals surface area (Å²) in [5.41, 5.74) is 10.5. The van der Waals surface area contributed by atoms with E-state index in [9.17, 15) is 9.90 Å². The average molecular weight is 519 g/mol. The average Bonchev–Trinajstić information content (AvgIpc) is 3.46. The summed E-state index contributed by atoms with van der Waals surface area (Å²) in [5, 5.41) is 10.5. The zero-order chi connectivity index (χ0) is 26.6. The molecule has 4 heterocycles. The standard InChI is InChI=1S/C29H35FN6O2/c1-3-21-17-34(11-6-12-37)24-9-4-7-18-15-25(36(21)26(18)24)28-32-23-14-19(13-22(30)27(23)33(28)2)29(38)35-10-5-8-20(31)16-35/h4,7,9,13-15,20-21,37H,3,5-6,8,10-12,16-17,31H2,1-2H3. The van der Waals surface area contributed by atoms with E-state index in [1.54, 1.807) is 15.5 Å². The van der Waals surface area contributed by atoms with Crippen LogP contribution < -0.4 is 10.6 Å². The summed E-state index contributed by atoms with van der Waals surface area (Å²) in [7, 11) is 1.84. The molecule has 6 rings (SSSR count). The van der Waals surface area contributed by atoms with Crippen molar-refractivity contribution < 1.29 is 14.3 Å². The lowest BCUT2D eigenvalue weighted by Gasteiger charge is -2.36. The molecule has 38 heavy (non-hydrogen) atoms. The molecule has 200 valence electrons. The van der Waals surface area contributed by atoms with Crippen LogP contribution in [0.15, 0.2) is 36.4 Å². The van der Waals surface area contributed by atoms with Gasteiger partial charge in [-0.3, -0.25) is 4.79 Å². The number of nitrogens with two attached hydrogens (primary N) is 1. The highest BCUT2D eigenvalue weighted by molar-refractivity contribution is 5.99. The second-order valence-electron chi connectivity index (χ2n) is 10.7. The Balaban J connectivity index is 1.47. The molecule has 2 atom stereocenters. The Morgan fingerprint density at radius 3 is 2.82 bits per heavy atom. The maximum Gasteiger partial charge on any atom is 0.254 e. The molecule has 2 unspecified atom stereocenters. The first kappa shape index (κ1) is 24.9. The molecule has 0 spiro atoms. The number of fused-ring (bicyclic) bond motifs is 1. The summed E-state index contributed by atoms with van der Waals surface area (Å²) in [4.78, 5) is 22.2. The van der Waals surface area contributed by atoms with Crippen molar-refractivity contribution in [2.45, 2.75) is 44.7 Å². The lowest BCUT2D eigenvalue weighted by Crippen LogP contribution is -2.45. The number of anilines is 1. The minimum Gasteiger partial charge on any atom is -0.396 e. The lowest BCUT2D eigenvalue weighted by molar-refractivity contribution is 0.0708. The number of benzene rings is 2. The number of aliphatic hydroxyl groups excluding tert-OH is 1. The number of rotatable bonds is 6. The van der Waals surface area contributed by atoms with Crippen LogP contribution in [0.25, 0.3) is 33.5 Å². The zero-order valence-corrected chi connectivity index (χ0v) is 22.0. The molecule has 1 fully saturated rings. The van der Waals surface area contributed by atoms with Gasteiger partial charge < -0.3 is 29.8 Å². The largest absolute Gasteiger partial charge is 0.396 e. The first-order valence-corrected chi connectivity index (χ1v) is 13.6. The van der Waals surface area contributed by atoms with Crippen molar-refractivity contribution in [2.75, 3.05) is 37.7 Å². The number of likely N-dealkylation sites (tertiary alicyclic amines) is 1. The maximum absolute atomic E-state index is 15.5. The fourth-order valence-corrected chi connectivity index (χ4v) is 6.32. The normalized spacial score (nSPS) is 19.6. The number of imidazole rings is 1. The number of carbonyl (C=O) groups is 1. The highest BCUT2D eigenvalue weighted by Gasteiger charge is 2.30. The van der Waals surface area contributed by atoms with Crippen LogP contribution in [0.4, 0.5) is 10.1 Å². The fraction of sp³-hybridized carbons (Fsp3) is 0.448. The molecule has 2 aromatic heterocycles. The molecular formula is C29H35FN6O2. The van der Waals surface area contributed by atoms with Gasteiger partial charge in [0.15, 0.2) is 5.82 Å². The number of aliphatic hydroxyl groups is 1. The monoisotopic (exact) mass is 518 g/mol. The summed E-state index contributed by atoms with van der Waals surface area (Å²) in [6.45, 7) is 5.09. The number of hydrogen-bond acceptors (Lipinski definition) is 5. The quantitative estimate of drug-likeness (QED) is 0.402. The van der Waals surface area contributed by atoms with Crippen molar-refractivity contribution >= 4 is 33.5 Å². The van der Waals surface area contributed by atoms with Crippen molar-refractivity contribution in [1.82, 2.24) is 19.0 Å². The molecule has 1 amide bonds. The van der Waals surface area contributed by atoms with Crippen molar-refractivity contribution in [2.24, 2.45) is 12.8 Å². The van der Waals surface area contributed by atoms with Crippen LogP contribution in [0.3, 0.4) is 0 Å². The van der Waals surface area contributed by atoms with E-state index >= 15 is 4.39 Å². The molecule has 0 radical (unpaired) electrons. The molecule has 1 saturated heterocycles. The minimum atomic E-state index is -0.453. The van der Waals surface area contributed by atoms with Crippen LogP contribution in [-0.2, 0) is 7.05 Å². The summed E-state index contributed by atoms with van der Waals surface area (Å²) in [6.07, 6.45) is 3.40. The van der Waals surface area contributed by atoms with E-state index in [2.05, 4.69) is 40.7 Å². The molecule has 3 N–H and O–H groups in total. The predicted octanol–water partition coefficient (Wildman–Crippen LogP) is 4.05. The van der Waals surface area contributed by atoms with Crippen LogP contribution >= 0.6 is 0 Å². The van der Waals surface area contributed by atoms with Crippen LogP contribution in [0.1, 0.15) is 49.0 Å². The topological polar surface area (TPSA) is 92.6 Å². The zero-order valence-electron chi connectivity index (χ0n) is 22.0.